The molecule has 1 aromatic carbocycles. The Kier molecular flexibility index (Phi) is 4.30. The van der Waals surface area contributed by atoms with Crippen LogP contribution in [0.4, 0.5) is 5.69 Å². The molecule has 0 amide bonds. The van der Waals surface area contributed by atoms with Gasteiger partial charge in [-0.15, -0.1) is 0 Å². The monoisotopic (exact) mass is 247 g/mol. The fraction of sp³-hybridized carbons (Fsp3) is 0.385. The lowest BCUT2D eigenvalue weighted by Gasteiger charge is -2.22. The number of hydrogen-bond acceptors (Lipinski definition) is 5. The normalized spacial score (nSPS) is 10.6. The van der Waals surface area contributed by atoms with Gasteiger partial charge in [-0.1, -0.05) is 23.4 Å². The minimum Gasteiger partial charge on any atom is -0.396 e. The molecule has 0 aliphatic heterocycles. The Balaban J connectivity index is 2.10. The molecular formula is C13H17N3O2. The van der Waals surface area contributed by atoms with Gasteiger partial charge in [-0.25, -0.2) is 0 Å². The Morgan fingerprint density at radius 2 is 2.06 bits per heavy atom. The van der Waals surface area contributed by atoms with Crippen LogP contribution in [0, 0.1) is 6.92 Å². The molecule has 0 atom stereocenters. The summed E-state index contributed by atoms with van der Waals surface area (Å²) in [6, 6.07) is 10.0. The molecule has 96 valence electrons. The highest BCUT2D eigenvalue weighted by Gasteiger charge is 2.10. The van der Waals surface area contributed by atoms with Gasteiger partial charge >= 0.3 is 0 Å². The Morgan fingerprint density at radius 1 is 1.28 bits per heavy atom. The van der Waals surface area contributed by atoms with Crippen molar-refractivity contribution in [2.45, 2.75) is 19.9 Å². The molecule has 0 fully saturated rings. The van der Waals surface area contributed by atoms with E-state index in [4.69, 9.17) is 9.63 Å². The number of aliphatic hydroxyl groups excluding tert-OH is 1. The lowest BCUT2D eigenvalue weighted by atomic mass is 10.2. The molecular weight excluding hydrogens is 230 g/mol. The summed E-state index contributed by atoms with van der Waals surface area (Å²) < 4.78 is 4.97. The van der Waals surface area contributed by atoms with Gasteiger partial charge in [0, 0.05) is 25.8 Å². The summed E-state index contributed by atoms with van der Waals surface area (Å²) in [5, 5.41) is 12.9. The van der Waals surface area contributed by atoms with Crippen molar-refractivity contribution in [2.24, 2.45) is 0 Å². The van der Waals surface area contributed by atoms with Gasteiger partial charge < -0.3 is 14.5 Å². The van der Waals surface area contributed by atoms with Crippen LogP contribution in [0.15, 0.2) is 34.9 Å². The second-order valence-corrected chi connectivity index (χ2v) is 4.06. The van der Waals surface area contributed by atoms with E-state index in [-0.39, 0.29) is 6.61 Å². The lowest BCUT2D eigenvalue weighted by Crippen LogP contribution is -2.25. The SMILES string of the molecule is Cc1nc(CN(CCCO)c2ccccc2)no1. The summed E-state index contributed by atoms with van der Waals surface area (Å²) in [5.41, 5.74) is 1.09. The third kappa shape index (κ3) is 3.30. The van der Waals surface area contributed by atoms with Gasteiger partial charge in [0.2, 0.25) is 5.89 Å². The molecule has 0 unspecified atom stereocenters. The summed E-state index contributed by atoms with van der Waals surface area (Å²) in [6.07, 6.45) is 0.714. The van der Waals surface area contributed by atoms with Crippen LogP contribution in [-0.4, -0.2) is 28.4 Å². The smallest absolute Gasteiger partial charge is 0.223 e. The van der Waals surface area contributed by atoms with Crippen molar-refractivity contribution >= 4 is 5.69 Å². The van der Waals surface area contributed by atoms with Gasteiger partial charge in [0.05, 0.1) is 6.54 Å². The molecule has 1 aromatic heterocycles. The van der Waals surface area contributed by atoms with Crippen LogP contribution in [0.1, 0.15) is 18.1 Å². The molecule has 0 bridgehead atoms. The number of aliphatic hydroxyl groups is 1. The number of anilines is 1. The lowest BCUT2D eigenvalue weighted by molar-refractivity contribution is 0.289. The average Bonchev–Trinajstić information content (AvgIpc) is 2.81. The van der Waals surface area contributed by atoms with E-state index in [2.05, 4.69) is 15.0 Å². The van der Waals surface area contributed by atoms with E-state index in [0.717, 1.165) is 12.2 Å². The van der Waals surface area contributed by atoms with Crippen molar-refractivity contribution in [2.75, 3.05) is 18.1 Å². The van der Waals surface area contributed by atoms with Crippen LogP contribution in [0.3, 0.4) is 0 Å². The first-order valence-electron chi connectivity index (χ1n) is 5.99. The maximum atomic E-state index is 8.96. The Labute approximate surface area is 106 Å². The zero-order chi connectivity index (χ0) is 12.8. The number of aryl methyl sites for hydroxylation is 1. The van der Waals surface area contributed by atoms with Crippen molar-refractivity contribution < 1.29 is 9.63 Å². The van der Waals surface area contributed by atoms with Gasteiger partial charge in [0.15, 0.2) is 5.82 Å². The Hall–Kier alpha value is -1.88. The van der Waals surface area contributed by atoms with E-state index in [9.17, 15) is 0 Å². The van der Waals surface area contributed by atoms with Crippen LogP contribution in [-0.2, 0) is 6.54 Å². The second kappa shape index (κ2) is 6.16. The Morgan fingerprint density at radius 3 is 2.67 bits per heavy atom. The van der Waals surface area contributed by atoms with Gasteiger partial charge in [-0.2, -0.15) is 4.98 Å². The number of rotatable bonds is 6. The standard InChI is InChI=1S/C13H17N3O2/c1-11-14-13(15-18-11)10-16(8-5-9-17)12-6-3-2-4-7-12/h2-4,6-7,17H,5,8-10H2,1H3. The molecule has 0 aliphatic carbocycles. The number of nitrogens with zero attached hydrogens (tertiary/aromatic N) is 3. The topological polar surface area (TPSA) is 62.4 Å². The molecule has 0 radical (unpaired) electrons. The van der Waals surface area contributed by atoms with E-state index >= 15 is 0 Å². The predicted molar refractivity (Wildman–Crippen MR) is 68.2 cm³/mol. The number of aromatic nitrogens is 2. The van der Waals surface area contributed by atoms with E-state index in [0.29, 0.717) is 24.7 Å². The fourth-order valence-electron chi connectivity index (χ4n) is 1.78. The van der Waals surface area contributed by atoms with Gasteiger partial charge in [0.25, 0.3) is 0 Å². The maximum Gasteiger partial charge on any atom is 0.223 e. The van der Waals surface area contributed by atoms with E-state index in [1.165, 1.54) is 0 Å². The van der Waals surface area contributed by atoms with Crippen LogP contribution < -0.4 is 4.90 Å². The highest BCUT2D eigenvalue weighted by Crippen LogP contribution is 2.16. The fourth-order valence-corrected chi connectivity index (χ4v) is 1.78. The van der Waals surface area contributed by atoms with Crippen LogP contribution in [0.2, 0.25) is 0 Å². The van der Waals surface area contributed by atoms with Gasteiger partial charge in [0.1, 0.15) is 0 Å². The maximum absolute atomic E-state index is 8.96. The summed E-state index contributed by atoms with van der Waals surface area (Å²) in [5.74, 6) is 1.23. The van der Waals surface area contributed by atoms with E-state index < -0.39 is 0 Å². The van der Waals surface area contributed by atoms with Crippen molar-refractivity contribution in [3.8, 4) is 0 Å². The summed E-state index contributed by atoms with van der Waals surface area (Å²) >= 11 is 0. The second-order valence-electron chi connectivity index (χ2n) is 4.06. The summed E-state index contributed by atoms with van der Waals surface area (Å²) in [7, 11) is 0. The minimum atomic E-state index is 0.175. The van der Waals surface area contributed by atoms with Crippen LogP contribution in [0.25, 0.3) is 0 Å². The summed E-state index contributed by atoms with van der Waals surface area (Å²) in [4.78, 5) is 6.33. The molecule has 1 N–H and O–H groups in total. The average molecular weight is 247 g/mol. The largest absolute Gasteiger partial charge is 0.396 e. The first kappa shape index (κ1) is 12.6. The zero-order valence-corrected chi connectivity index (χ0v) is 10.4. The molecule has 18 heavy (non-hydrogen) atoms. The van der Waals surface area contributed by atoms with Gasteiger partial charge in [-0.3, -0.25) is 0 Å². The highest BCUT2D eigenvalue weighted by atomic mass is 16.5. The molecule has 0 spiro atoms. The van der Waals surface area contributed by atoms with Crippen molar-refractivity contribution in [3.05, 3.63) is 42.0 Å². The van der Waals surface area contributed by atoms with Crippen LogP contribution in [0.5, 0.6) is 0 Å². The van der Waals surface area contributed by atoms with Crippen molar-refractivity contribution in [1.29, 1.82) is 0 Å². The molecule has 0 aliphatic rings. The number of hydrogen-bond donors (Lipinski definition) is 1. The van der Waals surface area contributed by atoms with E-state index in [1.54, 1.807) is 6.92 Å². The third-order valence-corrected chi connectivity index (χ3v) is 2.61. The molecule has 1 heterocycles. The molecule has 0 saturated carbocycles. The number of para-hydroxylation sites is 1. The third-order valence-electron chi connectivity index (χ3n) is 2.61. The molecule has 2 aromatic rings. The summed E-state index contributed by atoms with van der Waals surface area (Å²) in [6.45, 7) is 3.29. The minimum absolute atomic E-state index is 0.175. The first-order chi connectivity index (χ1) is 8.79. The Bertz CT molecular complexity index is 470. The van der Waals surface area contributed by atoms with Gasteiger partial charge in [-0.05, 0) is 18.6 Å². The quantitative estimate of drug-likeness (QED) is 0.842. The molecule has 5 heteroatoms. The highest BCUT2D eigenvalue weighted by molar-refractivity contribution is 5.45. The van der Waals surface area contributed by atoms with Crippen molar-refractivity contribution in [3.63, 3.8) is 0 Å². The number of benzene rings is 1. The van der Waals surface area contributed by atoms with Crippen LogP contribution >= 0.6 is 0 Å². The van der Waals surface area contributed by atoms with E-state index in [1.807, 2.05) is 30.3 Å². The van der Waals surface area contributed by atoms with Crippen molar-refractivity contribution in [1.82, 2.24) is 10.1 Å². The molecule has 2 rings (SSSR count). The predicted octanol–water partition coefficient (Wildman–Crippen LogP) is 1.77. The molecule has 0 saturated heterocycles. The zero-order valence-electron chi connectivity index (χ0n) is 10.4. The first-order valence-corrected chi connectivity index (χ1v) is 5.99. The molecule has 5 nitrogen and oxygen atoms in total.